The minimum Gasteiger partial charge on any atom is -0.327 e. The van der Waals surface area contributed by atoms with E-state index in [1.807, 2.05) is 18.2 Å². The zero-order valence-corrected chi connectivity index (χ0v) is 12.4. The molecule has 2 atom stereocenters. The van der Waals surface area contributed by atoms with Crippen molar-refractivity contribution in [2.75, 3.05) is 18.4 Å². The van der Waals surface area contributed by atoms with Gasteiger partial charge in [0.05, 0.1) is 6.04 Å². The van der Waals surface area contributed by atoms with Crippen molar-refractivity contribution < 1.29 is 4.79 Å². The van der Waals surface area contributed by atoms with E-state index in [4.69, 9.17) is 5.73 Å². The molecule has 1 unspecified atom stereocenters. The third-order valence-electron chi connectivity index (χ3n) is 4.20. The first-order valence-electron chi connectivity index (χ1n) is 7.12. The third kappa shape index (κ3) is 3.14. The summed E-state index contributed by atoms with van der Waals surface area (Å²) in [5, 5.41) is 3.06. The van der Waals surface area contributed by atoms with E-state index in [0.717, 1.165) is 44.5 Å². The average Bonchev–Trinajstić information content (AvgIpc) is 2.57. The number of carbonyl (C=O) groups excluding carboxylic acids is 1. The SMILES string of the molecule is Cl.N[C@@H]1CCCN(C2CCc3ccccc3NC2=O)C1. The van der Waals surface area contributed by atoms with Gasteiger partial charge in [-0.1, -0.05) is 18.2 Å². The number of carbonyl (C=O) groups is 1. The van der Waals surface area contributed by atoms with Gasteiger partial charge in [0.2, 0.25) is 5.91 Å². The number of anilines is 1. The molecule has 5 heteroatoms. The van der Waals surface area contributed by atoms with Gasteiger partial charge in [-0.05, 0) is 43.9 Å². The summed E-state index contributed by atoms with van der Waals surface area (Å²) < 4.78 is 0. The third-order valence-corrected chi connectivity index (χ3v) is 4.20. The Balaban J connectivity index is 0.00000147. The lowest BCUT2D eigenvalue weighted by Gasteiger charge is -2.35. The van der Waals surface area contributed by atoms with Crippen molar-refractivity contribution in [1.82, 2.24) is 4.90 Å². The van der Waals surface area contributed by atoms with Gasteiger partial charge in [0.15, 0.2) is 0 Å². The first kappa shape index (κ1) is 15.3. The molecular formula is C15H22ClN3O. The minimum atomic E-state index is -0.0289. The highest BCUT2D eigenvalue weighted by molar-refractivity contribution is 5.96. The van der Waals surface area contributed by atoms with Gasteiger partial charge < -0.3 is 11.1 Å². The van der Waals surface area contributed by atoms with Crippen molar-refractivity contribution in [1.29, 1.82) is 0 Å². The van der Waals surface area contributed by atoms with E-state index >= 15 is 0 Å². The number of amides is 1. The van der Waals surface area contributed by atoms with E-state index in [9.17, 15) is 4.79 Å². The number of aryl methyl sites for hydroxylation is 1. The highest BCUT2D eigenvalue weighted by Crippen LogP contribution is 2.25. The number of para-hydroxylation sites is 1. The van der Waals surface area contributed by atoms with Crippen LogP contribution >= 0.6 is 12.4 Å². The second kappa shape index (κ2) is 6.57. The summed E-state index contributed by atoms with van der Waals surface area (Å²) in [5.41, 5.74) is 8.23. The summed E-state index contributed by atoms with van der Waals surface area (Å²) in [5.74, 6) is 0.124. The van der Waals surface area contributed by atoms with Crippen molar-refractivity contribution in [3.63, 3.8) is 0 Å². The normalized spacial score (nSPS) is 26.9. The van der Waals surface area contributed by atoms with Gasteiger partial charge >= 0.3 is 0 Å². The molecule has 0 radical (unpaired) electrons. The van der Waals surface area contributed by atoms with Crippen molar-refractivity contribution >= 4 is 24.0 Å². The van der Waals surface area contributed by atoms with Gasteiger partial charge in [-0.25, -0.2) is 0 Å². The lowest BCUT2D eigenvalue weighted by Crippen LogP contribution is -2.51. The number of likely N-dealkylation sites (tertiary alicyclic amines) is 1. The number of halogens is 1. The van der Waals surface area contributed by atoms with Crippen molar-refractivity contribution in [3.05, 3.63) is 29.8 Å². The van der Waals surface area contributed by atoms with Gasteiger partial charge in [-0.2, -0.15) is 0 Å². The number of rotatable bonds is 1. The molecule has 1 aromatic rings. The molecule has 1 aromatic carbocycles. The molecule has 1 amide bonds. The molecule has 2 aliphatic heterocycles. The van der Waals surface area contributed by atoms with E-state index < -0.39 is 0 Å². The smallest absolute Gasteiger partial charge is 0.241 e. The van der Waals surface area contributed by atoms with Crippen LogP contribution in [0, 0.1) is 0 Å². The maximum absolute atomic E-state index is 12.4. The highest BCUT2D eigenvalue weighted by Gasteiger charge is 2.31. The molecule has 2 heterocycles. The molecular weight excluding hydrogens is 274 g/mol. The number of nitrogens with zero attached hydrogens (tertiary/aromatic N) is 1. The number of piperidine rings is 1. The largest absolute Gasteiger partial charge is 0.327 e. The van der Waals surface area contributed by atoms with Crippen LogP contribution in [-0.2, 0) is 11.2 Å². The fourth-order valence-corrected chi connectivity index (χ4v) is 3.17. The predicted molar refractivity (Wildman–Crippen MR) is 83.2 cm³/mol. The second-order valence-corrected chi connectivity index (χ2v) is 5.60. The zero-order valence-electron chi connectivity index (χ0n) is 11.5. The molecule has 20 heavy (non-hydrogen) atoms. The average molecular weight is 296 g/mol. The Morgan fingerprint density at radius 2 is 2.05 bits per heavy atom. The van der Waals surface area contributed by atoms with E-state index in [1.54, 1.807) is 0 Å². The summed E-state index contributed by atoms with van der Waals surface area (Å²) >= 11 is 0. The number of nitrogens with two attached hydrogens (primary N) is 1. The molecule has 1 fully saturated rings. The van der Waals surface area contributed by atoms with Crippen molar-refractivity contribution in [2.45, 2.75) is 37.8 Å². The lowest BCUT2D eigenvalue weighted by atomic mass is 10.0. The first-order chi connectivity index (χ1) is 9.24. The molecule has 0 aromatic heterocycles. The number of fused-ring (bicyclic) bond motifs is 1. The fourth-order valence-electron chi connectivity index (χ4n) is 3.17. The molecule has 0 saturated carbocycles. The fraction of sp³-hybridized carbons (Fsp3) is 0.533. The van der Waals surface area contributed by atoms with Gasteiger partial charge in [-0.3, -0.25) is 9.69 Å². The van der Waals surface area contributed by atoms with Crippen LogP contribution < -0.4 is 11.1 Å². The number of nitrogens with one attached hydrogen (secondary N) is 1. The van der Waals surface area contributed by atoms with Crippen LogP contribution in [0.5, 0.6) is 0 Å². The van der Waals surface area contributed by atoms with Crippen LogP contribution in [0.15, 0.2) is 24.3 Å². The molecule has 2 aliphatic rings. The van der Waals surface area contributed by atoms with Crippen LogP contribution in [0.3, 0.4) is 0 Å². The van der Waals surface area contributed by atoms with Crippen LogP contribution in [0.2, 0.25) is 0 Å². The number of hydrogen-bond donors (Lipinski definition) is 2. The Labute approximate surface area is 126 Å². The number of hydrogen-bond acceptors (Lipinski definition) is 3. The molecule has 110 valence electrons. The van der Waals surface area contributed by atoms with Crippen LogP contribution in [0.25, 0.3) is 0 Å². The quantitative estimate of drug-likeness (QED) is 0.830. The van der Waals surface area contributed by atoms with Crippen molar-refractivity contribution in [3.8, 4) is 0 Å². The standard InChI is InChI=1S/C15H21N3O.ClH/c16-12-5-3-9-18(10-12)14-8-7-11-4-1-2-6-13(11)17-15(14)19;/h1-2,4,6,12,14H,3,5,7-10,16H2,(H,17,19);1H/t12-,14?;/m1./s1. The Morgan fingerprint density at radius 1 is 1.25 bits per heavy atom. The molecule has 4 nitrogen and oxygen atoms in total. The summed E-state index contributed by atoms with van der Waals surface area (Å²) in [6.45, 7) is 1.83. The van der Waals surface area contributed by atoms with E-state index in [2.05, 4.69) is 16.3 Å². The van der Waals surface area contributed by atoms with E-state index in [1.165, 1.54) is 5.56 Å². The Kier molecular flexibility index (Phi) is 5.02. The monoisotopic (exact) mass is 295 g/mol. The second-order valence-electron chi connectivity index (χ2n) is 5.60. The van der Waals surface area contributed by atoms with E-state index in [-0.39, 0.29) is 30.4 Å². The minimum absolute atomic E-state index is 0. The van der Waals surface area contributed by atoms with Gasteiger partial charge in [-0.15, -0.1) is 12.4 Å². The van der Waals surface area contributed by atoms with Crippen LogP contribution in [0.1, 0.15) is 24.8 Å². The molecule has 3 rings (SSSR count). The van der Waals surface area contributed by atoms with Crippen molar-refractivity contribution in [2.24, 2.45) is 5.73 Å². The highest BCUT2D eigenvalue weighted by atomic mass is 35.5. The van der Waals surface area contributed by atoms with E-state index in [0.29, 0.717) is 0 Å². The maximum atomic E-state index is 12.4. The van der Waals surface area contributed by atoms with Gasteiger partial charge in [0.1, 0.15) is 0 Å². The Hall–Kier alpha value is -1.10. The maximum Gasteiger partial charge on any atom is 0.241 e. The molecule has 0 spiro atoms. The topological polar surface area (TPSA) is 58.4 Å². The van der Waals surface area contributed by atoms with Crippen LogP contribution in [-0.4, -0.2) is 36.0 Å². The zero-order chi connectivity index (χ0) is 13.2. The van der Waals surface area contributed by atoms with Gasteiger partial charge in [0, 0.05) is 18.3 Å². The number of benzene rings is 1. The lowest BCUT2D eigenvalue weighted by molar-refractivity contribution is -0.121. The predicted octanol–water partition coefficient (Wildman–Crippen LogP) is 1.78. The molecule has 0 aliphatic carbocycles. The Morgan fingerprint density at radius 3 is 2.85 bits per heavy atom. The van der Waals surface area contributed by atoms with Crippen LogP contribution in [0.4, 0.5) is 5.69 Å². The molecule has 1 saturated heterocycles. The summed E-state index contributed by atoms with van der Waals surface area (Å²) in [6.07, 6.45) is 4.00. The molecule has 3 N–H and O–H groups in total. The molecule has 0 bridgehead atoms. The summed E-state index contributed by atoms with van der Waals surface area (Å²) in [4.78, 5) is 14.6. The van der Waals surface area contributed by atoms with Gasteiger partial charge in [0.25, 0.3) is 0 Å². The first-order valence-corrected chi connectivity index (χ1v) is 7.12. The summed E-state index contributed by atoms with van der Waals surface area (Å²) in [6, 6.07) is 8.27. The summed E-state index contributed by atoms with van der Waals surface area (Å²) in [7, 11) is 0. The Bertz CT molecular complexity index is 480.